The van der Waals surface area contributed by atoms with E-state index in [0.29, 0.717) is 17.1 Å². The fourth-order valence-electron chi connectivity index (χ4n) is 3.79. The molecule has 0 aliphatic rings. The summed E-state index contributed by atoms with van der Waals surface area (Å²) in [5, 5.41) is 0.480. The van der Waals surface area contributed by atoms with Gasteiger partial charge in [0.1, 0.15) is 23.0 Å². The average molecular weight is 664 g/mol. The van der Waals surface area contributed by atoms with Crippen LogP contribution in [0.15, 0.2) is 122 Å². The van der Waals surface area contributed by atoms with E-state index < -0.39 is 0 Å². The van der Waals surface area contributed by atoms with Crippen LogP contribution in [0.2, 0.25) is 0 Å². The van der Waals surface area contributed by atoms with Crippen LogP contribution in [0.5, 0.6) is 23.0 Å². The minimum atomic E-state index is 0.370. The Hall–Kier alpha value is -3.91. The lowest BCUT2D eigenvalue weighted by molar-refractivity contribution is 0.404. The molecule has 1 heterocycles. The molecule has 0 unspecified atom stereocenters. The molecule has 1 aromatic heterocycles. The van der Waals surface area contributed by atoms with Gasteiger partial charge in [-0.15, -0.1) is 0 Å². The molecule has 1 N–H and O–H groups in total. The van der Waals surface area contributed by atoms with E-state index in [9.17, 15) is 0 Å². The Bertz CT molecular complexity index is 1650. The first-order valence-corrected chi connectivity index (χ1v) is 16.3. The van der Waals surface area contributed by atoms with Gasteiger partial charge in [0.05, 0.1) is 48.0 Å². The van der Waals surface area contributed by atoms with Gasteiger partial charge in [-0.1, -0.05) is 48.5 Å². The number of nitrogens with zero attached hydrogens (tertiary/aromatic N) is 4. The van der Waals surface area contributed by atoms with Crippen LogP contribution in [0.25, 0.3) is 0 Å². The van der Waals surface area contributed by atoms with Crippen LogP contribution >= 0.6 is 47.6 Å². The molecule has 5 rings (SSSR count). The third kappa shape index (κ3) is 7.97. The Balaban J connectivity index is 1.57. The zero-order chi connectivity index (χ0) is 30.7. The fourth-order valence-corrected chi connectivity index (χ4v) is 7.41. The van der Waals surface area contributed by atoms with Crippen LogP contribution in [0, 0.1) is 0 Å². The summed E-state index contributed by atoms with van der Waals surface area (Å²) in [6.07, 6.45) is 0. The minimum absolute atomic E-state index is 0.370. The molecular weight excluding hydrogens is 635 g/mol. The Kier molecular flexibility index (Phi) is 11.2. The summed E-state index contributed by atoms with van der Waals surface area (Å²) in [5.41, 5.74) is 0. The average Bonchev–Trinajstić information content (AvgIpc) is 3.07. The predicted molar refractivity (Wildman–Crippen MR) is 180 cm³/mol. The van der Waals surface area contributed by atoms with Gasteiger partial charge < -0.3 is 18.9 Å². The van der Waals surface area contributed by atoms with E-state index in [-0.39, 0.29) is 0 Å². The quantitative estimate of drug-likeness (QED) is 0.115. The number of nitrogens with one attached hydrogen (secondary N) is 1. The van der Waals surface area contributed by atoms with E-state index in [1.807, 2.05) is 101 Å². The van der Waals surface area contributed by atoms with Crippen molar-refractivity contribution in [3.63, 3.8) is 0 Å². The third-order valence-electron chi connectivity index (χ3n) is 5.86. The largest absolute Gasteiger partial charge is 0.496 e. The molecule has 0 saturated carbocycles. The summed E-state index contributed by atoms with van der Waals surface area (Å²) in [4.78, 5) is 18.1. The Morgan fingerprint density at radius 1 is 0.523 bits per heavy atom. The topological polar surface area (TPSA) is 90.9 Å². The lowest BCUT2D eigenvalue weighted by Gasteiger charge is -2.22. The van der Waals surface area contributed by atoms with Crippen molar-refractivity contribution in [1.82, 2.24) is 15.0 Å². The van der Waals surface area contributed by atoms with Crippen LogP contribution < -0.4 is 27.4 Å². The highest BCUT2D eigenvalue weighted by molar-refractivity contribution is 8.18. The molecule has 226 valence electrons. The summed E-state index contributed by atoms with van der Waals surface area (Å²) in [5.74, 6) is 3.70. The molecule has 0 fully saturated rings. The number of benzene rings is 4. The lowest BCUT2D eigenvalue weighted by atomic mass is 10.3. The van der Waals surface area contributed by atoms with Crippen LogP contribution in [0.1, 0.15) is 0 Å². The van der Waals surface area contributed by atoms with Crippen molar-refractivity contribution >= 4 is 59.5 Å². The van der Waals surface area contributed by atoms with Gasteiger partial charge in [0.2, 0.25) is 5.95 Å². The molecule has 5 aromatic rings. The number of ether oxygens (including phenoxy) is 4. The normalized spacial score (nSPS) is 10.6. The summed E-state index contributed by atoms with van der Waals surface area (Å²) < 4.78 is 27.7. The molecule has 0 saturated heterocycles. The van der Waals surface area contributed by atoms with E-state index in [1.165, 1.54) is 47.6 Å². The van der Waals surface area contributed by atoms with E-state index in [2.05, 4.69) is 4.72 Å². The molecule has 0 radical (unpaired) electrons. The van der Waals surface area contributed by atoms with E-state index in [0.717, 1.165) is 42.6 Å². The molecule has 9 nitrogen and oxygen atoms in total. The van der Waals surface area contributed by atoms with Crippen LogP contribution in [-0.2, 0) is 0 Å². The van der Waals surface area contributed by atoms with Crippen LogP contribution in [0.3, 0.4) is 0 Å². The smallest absolute Gasteiger partial charge is 0.252 e. The van der Waals surface area contributed by atoms with Gasteiger partial charge in [0.15, 0.2) is 5.16 Å². The van der Waals surface area contributed by atoms with E-state index in [1.54, 1.807) is 28.4 Å². The SMILES string of the molecule is COc1ccccc1SNc1nc(Sc2ccccc2OC)nc(N(Sc2ccccc2OC)Sc2ccccc2OC)n1. The number of para-hydroxylation sites is 4. The summed E-state index contributed by atoms with van der Waals surface area (Å²) >= 11 is 5.61. The second kappa shape index (κ2) is 15.7. The highest BCUT2D eigenvalue weighted by atomic mass is 32.2. The monoisotopic (exact) mass is 663 g/mol. The highest BCUT2D eigenvalue weighted by Crippen LogP contribution is 2.44. The zero-order valence-corrected chi connectivity index (χ0v) is 27.6. The highest BCUT2D eigenvalue weighted by Gasteiger charge is 2.22. The Morgan fingerprint density at radius 2 is 0.955 bits per heavy atom. The maximum absolute atomic E-state index is 5.66. The Morgan fingerprint density at radius 3 is 1.48 bits per heavy atom. The van der Waals surface area contributed by atoms with Crippen molar-refractivity contribution in [3.8, 4) is 23.0 Å². The lowest BCUT2D eigenvalue weighted by Crippen LogP contribution is -2.12. The van der Waals surface area contributed by atoms with Crippen molar-refractivity contribution in [2.45, 2.75) is 24.7 Å². The molecule has 13 heteroatoms. The van der Waals surface area contributed by atoms with Crippen molar-refractivity contribution < 1.29 is 18.9 Å². The first-order chi connectivity index (χ1) is 21.6. The first kappa shape index (κ1) is 31.5. The van der Waals surface area contributed by atoms with Gasteiger partial charge in [-0.25, -0.2) is 3.71 Å². The minimum Gasteiger partial charge on any atom is -0.496 e. The molecule has 0 amide bonds. The molecule has 0 spiro atoms. The predicted octanol–water partition coefficient (Wildman–Crippen LogP) is 8.40. The first-order valence-electron chi connectivity index (χ1n) is 13.2. The van der Waals surface area contributed by atoms with Crippen LogP contribution in [0.4, 0.5) is 11.9 Å². The molecule has 0 atom stereocenters. The maximum atomic E-state index is 5.66. The fraction of sp³-hybridized carbons (Fsp3) is 0.129. The standard InChI is InChI=1S/C31H29N5O4S4/c1-37-21-13-5-9-17-25(21)41-31-33-29(35-42-26-18-10-6-14-22(26)38-2)32-30(34-31)36(43-27-19-11-7-15-23(27)39-3)44-28-20-12-8-16-24(28)40-4/h5-20H,1-4H3,(H,32,33,34,35). The number of hydrogen-bond donors (Lipinski definition) is 1. The number of methoxy groups -OCH3 is 4. The molecule has 4 aromatic carbocycles. The van der Waals surface area contributed by atoms with E-state index >= 15 is 0 Å². The van der Waals surface area contributed by atoms with Gasteiger partial charge in [-0.05, 0) is 72.2 Å². The summed E-state index contributed by atoms with van der Waals surface area (Å²) in [7, 11) is 6.59. The van der Waals surface area contributed by atoms with Crippen LogP contribution in [-0.4, -0.2) is 43.4 Å². The number of aromatic nitrogens is 3. The van der Waals surface area contributed by atoms with Gasteiger partial charge in [0, 0.05) is 23.9 Å². The van der Waals surface area contributed by atoms with Crippen molar-refractivity contribution in [1.29, 1.82) is 0 Å². The van der Waals surface area contributed by atoms with Crippen molar-refractivity contribution in [3.05, 3.63) is 97.1 Å². The third-order valence-corrected chi connectivity index (χ3v) is 9.80. The van der Waals surface area contributed by atoms with E-state index in [4.69, 9.17) is 33.9 Å². The number of rotatable bonds is 14. The summed E-state index contributed by atoms with van der Waals surface area (Å²) in [6.45, 7) is 0. The second-order valence-electron chi connectivity index (χ2n) is 8.59. The van der Waals surface area contributed by atoms with Gasteiger partial charge >= 0.3 is 0 Å². The second-order valence-corrected chi connectivity index (χ2v) is 12.7. The van der Waals surface area contributed by atoms with Gasteiger partial charge in [-0.2, -0.15) is 15.0 Å². The van der Waals surface area contributed by atoms with Gasteiger partial charge in [-0.3, -0.25) is 4.72 Å². The Labute approximate surface area is 273 Å². The van der Waals surface area contributed by atoms with Crippen molar-refractivity contribution in [2.75, 3.05) is 36.9 Å². The maximum Gasteiger partial charge on any atom is 0.252 e. The van der Waals surface area contributed by atoms with Gasteiger partial charge in [0.25, 0.3) is 5.95 Å². The van der Waals surface area contributed by atoms with Crippen molar-refractivity contribution in [2.24, 2.45) is 0 Å². The molecule has 0 aliphatic carbocycles. The molecule has 44 heavy (non-hydrogen) atoms. The number of anilines is 2. The molecule has 0 bridgehead atoms. The molecule has 0 aliphatic heterocycles. The molecular formula is C31H29N5O4S4. The zero-order valence-electron chi connectivity index (χ0n) is 24.3. The summed E-state index contributed by atoms with van der Waals surface area (Å²) in [6, 6.07) is 31.1. The number of hydrogen-bond acceptors (Lipinski definition) is 13.